The summed E-state index contributed by atoms with van der Waals surface area (Å²) in [6, 6.07) is 5.77. The Morgan fingerprint density at radius 1 is 1.08 bits per heavy atom. The van der Waals surface area contributed by atoms with Gasteiger partial charge in [-0.05, 0) is 57.5 Å². The maximum atomic E-state index is 13.1. The van der Waals surface area contributed by atoms with Crippen molar-refractivity contribution in [2.75, 3.05) is 19.7 Å². The maximum absolute atomic E-state index is 13.1. The van der Waals surface area contributed by atoms with Crippen LogP contribution in [0.15, 0.2) is 23.0 Å². The number of nitrogens with one attached hydrogen (secondary N) is 1. The van der Waals surface area contributed by atoms with E-state index in [1.807, 2.05) is 25.1 Å². The highest BCUT2D eigenvalue weighted by Gasteiger charge is 2.13. The molecule has 0 aliphatic carbocycles. The molecule has 138 valence electrons. The fourth-order valence-corrected chi connectivity index (χ4v) is 3.17. The van der Waals surface area contributed by atoms with Gasteiger partial charge in [0, 0.05) is 28.7 Å². The van der Waals surface area contributed by atoms with E-state index in [9.17, 15) is 4.79 Å². The number of ether oxygens (including phenoxy) is 1. The van der Waals surface area contributed by atoms with Crippen molar-refractivity contribution in [1.82, 2.24) is 9.88 Å². The summed E-state index contributed by atoms with van der Waals surface area (Å²) in [6.45, 7) is 11.9. The summed E-state index contributed by atoms with van der Waals surface area (Å²) in [7, 11) is 0. The fourth-order valence-electron chi connectivity index (χ4n) is 3.17. The van der Waals surface area contributed by atoms with Crippen LogP contribution in [0.4, 0.5) is 0 Å². The lowest BCUT2D eigenvalue weighted by molar-refractivity contribution is 0.265. The third-order valence-corrected chi connectivity index (χ3v) is 4.51. The first-order chi connectivity index (χ1) is 12.1. The van der Waals surface area contributed by atoms with Crippen LogP contribution in [0.1, 0.15) is 57.7 Å². The number of unbranched alkanes of at least 4 members (excludes halogenated alkanes) is 1. The topological polar surface area (TPSA) is 45.3 Å². The van der Waals surface area contributed by atoms with Crippen LogP contribution in [-0.4, -0.2) is 29.6 Å². The molecule has 1 aromatic carbocycles. The minimum Gasteiger partial charge on any atom is -0.494 e. The molecule has 0 bridgehead atoms. The molecular weight excluding hydrogens is 312 g/mol. The van der Waals surface area contributed by atoms with Crippen molar-refractivity contribution >= 4 is 10.9 Å². The van der Waals surface area contributed by atoms with E-state index in [1.165, 1.54) is 0 Å². The number of aryl methyl sites for hydroxylation is 1. The summed E-state index contributed by atoms with van der Waals surface area (Å²) in [5.74, 6) is 0.778. The van der Waals surface area contributed by atoms with Crippen molar-refractivity contribution in [1.29, 1.82) is 0 Å². The average Bonchev–Trinajstić information content (AvgIpc) is 2.59. The van der Waals surface area contributed by atoms with Gasteiger partial charge in [0.15, 0.2) is 5.43 Å². The van der Waals surface area contributed by atoms with Gasteiger partial charge in [-0.3, -0.25) is 9.69 Å². The number of aromatic amines is 1. The number of pyridine rings is 1. The molecule has 0 radical (unpaired) electrons. The number of benzene rings is 1. The van der Waals surface area contributed by atoms with E-state index in [-0.39, 0.29) is 5.43 Å². The lowest BCUT2D eigenvalue weighted by atomic mass is 10.1. The molecule has 1 N–H and O–H groups in total. The van der Waals surface area contributed by atoms with E-state index in [0.29, 0.717) is 13.2 Å². The molecule has 0 saturated heterocycles. The Hall–Kier alpha value is -1.81. The smallest absolute Gasteiger partial charge is 0.194 e. The lowest BCUT2D eigenvalue weighted by Gasteiger charge is -2.22. The average molecular weight is 344 g/mol. The van der Waals surface area contributed by atoms with E-state index in [4.69, 9.17) is 4.74 Å². The van der Waals surface area contributed by atoms with Gasteiger partial charge in [-0.15, -0.1) is 0 Å². The summed E-state index contributed by atoms with van der Waals surface area (Å²) in [6.07, 6.45) is 4.32. The third kappa shape index (κ3) is 5.08. The first kappa shape index (κ1) is 19.5. The maximum Gasteiger partial charge on any atom is 0.194 e. The molecule has 4 nitrogen and oxygen atoms in total. The molecule has 4 heteroatoms. The molecule has 25 heavy (non-hydrogen) atoms. The van der Waals surface area contributed by atoms with Gasteiger partial charge in [0.25, 0.3) is 0 Å². The highest BCUT2D eigenvalue weighted by atomic mass is 16.5. The zero-order valence-electron chi connectivity index (χ0n) is 16.2. The standard InChI is InChI=1S/C21H32N2O2/c1-5-8-13-25-17-9-10-20-18(14-17)21(24)19(16(4)22-20)15-23(11-6-2)12-7-3/h9-10,14H,5-8,11-13,15H2,1-4H3,(H,22,24). The molecule has 0 atom stereocenters. The van der Waals surface area contributed by atoms with E-state index in [0.717, 1.165) is 66.7 Å². The Labute approximate surface area is 151 Å². The van der Waals surface area contributed by atoms with Crippen molar-refractivity contribution in [3.8, 4) is 5.75 Å². The van der Waals surface area contributed by atoms with Gasteiger partial charge in [0.1, 0.15) is 5.75 Å². The Bertz CT molecular complexity index is 730. The molecule has 0 saturated carbocycles. The Morgan fingerprint density at radius 3 is 2.44 bits per heavy atom. The highest BCUT2D eigenvalue weighted by Crippen LogP contribution is 2.19. The number of H-pyrrole nitrogens is 1. The van der Waals surface area contributed by atoms with Crippen LogP contribution >= 0.6 is 0 Å². The molecule has 0 spiro atoms. The molecule has 1 heterocycles. The second kappa shape index (κ2) is 9.62. The number of rotatable bonds is 10. The molecule has 2 rings (SSSR count). The largest absolute Gasteiger partial charge is 0.494 e. The number of aromatic nitrogens is 1. The van der Waals surface area contributed by atoms with Crippen molar-refractivity contribution < 1.29 is 4.74 Å². The van der Waals surface area contributed by atoms with Gasteiger partial charge < -0.3 is 9.72 Å². The molecule has 0 fully saturated rings. The molecule has 0 aliphatic rings. The third-order valence-electron chi connectivity index (χ3n) is 4.51. The Balaban J connectivity index is 2.34. The van der Waals surface area contributed by atoms with Crippen LogP contribution in [0.3, 0.4) is 0 Å². The summed E-state index contributed by atoms with van der Waals surface area (Å²) >= 11 is 0. The van der Waals surface area contributed by atoms with Gasteiger partial charge in [-0.2, -0.15) is 0 Å². The van der Waals surface area contributed by atoms with Gasteiger partial charge in [-0.1, -0.05) is 27.2 Å². The molecule has 0 aliphatic heterocycles. The van der Waals surface area contributed by atoms with Gasteiger partial charge in [0.05, 0.1) is 6.61 Å². The van der Waals surface area contributed by atoms with Gasteiger partial charge in [-0.25, -0.2) is 0 Å². The van der Waals surface area contributed by atoms with E-state index in [1.54, 1.807) is 0 Å². The van der Waals surface area contributed by atoms with Crippen molar-refractivity contribution in [3.63, 3.8) is 0 Å². The van der Waals surface area contributed by atoms with Crippen LogP contribution in [0.2, 0.25) is 0 Å². The van der Waals surface area contributed by atoms with E-state index < -0.39 is 0 Å². The molecule has 1 aromatic heterocycles. The minimum atomic E-state index is 0.129. The van der Waals surface area contributed by atoms with Crippen LogP contribution in [0.5, 0.6) is 5.75 Å². The van der Waals surface area contributed by atoms with Crippen molar-refractivity contribution in [3.05, 3.63) is 39.7 Å². The normalized spacial score (nSPS) is 11.4. The summed E-state index contributed by atoms with van der Waals surface area (Å²) in [5.41, 5.74) is 2.85. The highest BCUT2D eigenvalue weighted by molar-refractivity contribution is 5.81. The number of hydrogen-bond donors (Lipinski definition) is 1. The van der Waals surface area contributed by atoms with Crippen LogP contribution in [0.25, 0.3) is 10.9 Å². The monoisotopic (exact) mass is 344 g/mol. The van der Waals surface area contributed by atoms with Crippen molar-refractivity contribution in [2.24, 2.45) is 0 Å². The first-order valence-corrected chi connectivity index (χ1v) is 9.61. The van der Waals surface area contributed by atoms with Crippen molar-refractivity contribution in [2.45, 2.75) is 59.9 Å². The van der Waals surface area contributed by atoms with E-state index >= 15 is 0 Å². The SMILES string of the molecule is CCCCOc1ccc2[nH]c(C)c(CN(CCC)CCC)c(=O)c2c1. The number of fused-ring (bicyclic) bond motifs is 1. The van der Waals surface area contributed by atoms with Gasteiger partial charge in [0.2, 0.25) is 0 Å². The predicted octanol–water partition coefficient (Wildman–Crippen LogP) is 4.64. The van der Waals surface area contributed by atoms with Gasteiger partial charge >= 0.3 is 0 Å². The van der Waals surface area contributed by atoms with Crippen LogP contribution in [-0.2, 0) is 6.54 Å². The quantitative estimate of drug-likeness (QED) is 0.639. The zero-order valence-corrected chi connectivity index (χ0v) is 16.2. The predicted molar refractivity (Wildman–Crippen MR) is 106 cm³/mol. The Morgan fingerprint density at radius 2 is 1.80 bits per heavy atom. The molecule has 0 amide bonds. The Kier molecular flexibility index (Phi) is 7.51. The summed E-state index contributed by atoms with van der Waals surface area (Å²) in [5, 5.41) is 0.725. The second-order valence-corrected chi connectivity index (χ2v) is 6.74. The molecule has 0 unspecified atom stereocenters. The second-order valence-electron chi connectivity index (χ2n) is 6.74. The summed E-state index contributed by atoms with van der Waals surface area (Å²) in [4.78, 5) is 18.8. The minimum absolute atomic E-state index is 0.129. The molecule has 2 aromatic rings. The zero-order chi connectivity index (χ0) is 18.2. The van der Waals surface area contributed by atoms with E-state index in [2.05, 4.69) is 30.7 Å². The fraction of sp³-hybridized carbons (Fsp3) is 0.571. The first-order valence-electron chi connectivity index (χ1n) is 9.61. The number of nitrogens with zero attached hydrogens (tertiary/aromatic N) is 1. The number of hydrogen-bond acceptors (Lipinski definition) is 3. The lowest BCUT2D eigenvalue weighted by Crippen LogP contribution is -2.29. The summed E-state index contributed by atoms with van der Waals surface area (Å²) < 4.78 is 5.77. The van der Waals surface area contributed by atoms with Crippen LogP contribution in [0, 0.1) is 6.92 Å². The van der Waals surface area contributed by atoms with Crippen LogP contribution < -0.4 is 10.2 Å². The molecular formula is C21H32N2O2.